The van der Waals surface area contributed by atoms with Crippen molar-refractivity contribution in [2.45, 2.75) is 19.8 Å². The molecule has 0 N–H and O–H groups in total. The first-order valence-electron chi connectivity index (χ1n) is 5.05. The number of likely N-dealkylation sites (tertiary alicyclic amines) is 1. The van der Waals surface area contributed by atoms with Crippen molar-refractivity contribution in [3.05, 3.63) is 0 Å². The fourth-order valence-electron chi connectivity index (χ4n) is 1.65. The molecule has 0 bridgehead atoms. The summed E-state index contributed by atoms with van der Waals surface area (Å²) >= 11 is -0.430. The molecule has 1 rings (SSSR count). The fraction of sp³-hybridized carbons (Fsp3) is 0.800. The molecule has 0 aliphatic carbocycles. The van der Waals surface area contributed by atoms with Crippen LogP contribution in [0.5, 0.6) is 0 Å². The molecular formula is C10H17INO3-. The molecule has 15 heavy (non-hydrogen) atoms. The van der Waals surface area contributed by atoms with Gasteiger partial charge in [0.1, 0.15) is 0 Å². The third kappa shape index (κ3) is 4.36. The monoisotopic (exact) mass is 326 g/mol. The molecule has 1 amide bonds. The van der Waals surface area contributed by atoms with Gasteiger partial charge < -0.3 is 0 Å². The van der Waals surface area contributed by atoms with Crippen LogP contribution >= 0.6 is 0 Å². The molecule has 0 saturated carbocycles. The molecule has 5 heteroatoms. The number of nitrogens with zero attached hydrogens (tertiary/aromatic N) is 1. The topological polar surface area (TPSA) is 46.6 Å². The second-order valence-corrected chi connectivity index (χ2v) is 5.65. The molecule has 0 aromatic heterocycles. The number of hydrogen-bond donors (Lipinski definition) is 0. The van der Waals surface area contributed by atoms with Gasteiger partial charge in [-0.3, -0.25) is 0 Å². The van der Waals surface area contributed by atoms with Gasteiger partial charge in [0.25, 0.3) is 0 Å². The van der Waals surface area contributed by atoms with Crippen molar-refractivity contribution in [3.8, 4) is 0 Å². The minimum absolute atomic E-state index is 0.0252. The summed E-state index contributed by atoms with van der Waals surface area (Å²) in [4.78, 5) is 25.8. The van der Waals surface area contributed by atoms with Crippen molar-refractivity contribution in [2.75, 3.05) is 24.6 Å². The molecule has 0 atom stereocenters. The number of hydrogen-bond acceptors (Lipinski definition) is 3. The van der Waals surface area contributed by atoms with Crippen molar-refractivity contribution in [1.29, 1.82) is 0 Å². The van der Waals surface area contributed by atoms with E-state index in [4.69, 9.17) is 4.74 Å². The molecule has 1 aliphatic heterocycles. The maximum absolute atomic E-state index is 11.1. The van der Waals surface area contributed by atoms with E-state index in [0.29, 0.717) is 12.5 Å². The molecule has 0 unspecified atom stereocenters. The van der Waals surface area contributed by atoms with Gasteiger partial charge in [-0.2, -0.15) is 0 Å². The van der Waals surface area contributed by atoms with Crippen molar-refractivity contribution in [3.63, 3.8) is 0 Å². The van der Waals surface area contributed by atoms with Gasteiger partial charge in [-0.05, 0) is 0 Å². The predicted octanol–water partition coefficient (Wildman–Crippen LogP) is -1.90. The maximum atomic E-state index is 11.1. The van der Waals surface area contributed by atoms with E-state index in [9.17, 15) is 9.59 Å². The zero-order valence-electron chi connectivity index (χ0n) is 9.16. The van der Waals surface area contributed by atoms with Gasteiger partial charge in [-0.25, -0.2) is 0 Å². The van der Waals surface area contributed by atoms with Crippen LogP contribution in [0.1, 0.15) is 19.8 Å². The van der Waals surface area contributed by atoms with Crippen LogP contribution in [0.4, 0.5) is 4.79 Å². The Morgan fingerprint density at radius 2 is 2.00 bits per heavy atom. The van der Waals surface area contributed by atoms with Gasteiger partial charge >= 0.3 is 101 Å². The van der Waals surface area contributed by atoms with Gasteiger partial charge in [0.05, 0.1) is 0 Å². The van der Waals surface area contributed by atoms with Gasteiger partial charge in [0.2, 0.25) is 0 Å². The molecule has 0 aromatic rings. The number of ether oxygens (including phenoxy) is 1. The van der Waals surface area contributed by atoms with Crippen LogP contribution in [0.25, 0.3) is 0 Å². The van der Waals surface area contributed by atoms with E-state index in [1.54, 1.807) is 6.92 Å². The number of rotatable bonds is 3. The molecule has 0 spiro atoms. The summed E-state index contributed by atoms with van der Waals surface area (Å²) < 4.78 is 5.11. The van der Waals surface area contributed by atoms with Crippen LogP contribution in [-0.4, -0.2) is 39.4 Å². The van der Waals surface area contributed by atoms with E-state index >= 15 is 0 Å². The molecule has 4 nitrogen and oxygen atoms in total. The van der Waals surface area contributed by atoms with E-state index in [0.717, 1.165) is 25.9 Å². The Kier molecular flexibility index (Phi) is 5.35. The molecule has 88 valence electrons. The second-order valence-electron chi connectivity index (χ2n) is 3.69. The SMILES string of the molecule is C[I-]C(=O)OCC1CCN(C(C)=O)CC1. The van der Waals surface area contributed by atoms with Gasteiger partial charge in [-0.1, -0.05) is 0 Å². The standard InChI is InChI=1S/C10H17INO3/c1-8(13)12-5-3-9(4-6-12)7-15-10(14)11-2/h9H,3-7H2,1-2H3/q-1. The summed E-state index contributed by atoms with van der Waals surface area (Å²) in [5, 5.41) is 0. The number of piperidine rings is 1. The molecule has 0 radical (unpaired) electrons. The molecule has 1 heterocycles. The summed E-state index contributed by atoms with van der Waals surface area (Å²) in [5.41, 5.74) is 0. The molecule has 0 aromatic carbocycles. The third-order valence-corrected chi connectivity index (χ3v) is 3.84. The fourth-order valence-corrected chi connectivity index (χ4v) is 2.14. The molecule has 1 fully saturated rings. The zero-order valence-corrected chi connectivity index (χ0v) is 11.3. The van der Waals surface area contributed by atoms with Crippen molar-refractivity contribution < 1.29 is 35.5 Å². The number of halogens is 1. The average molecular weight is 326 g/mol. The van der Waals surface area contributed by atoms with Gasteiger partial charge in [0, 0.05) is 0 Å². The third-order valence-electron chi connectivity index (χ3n) is 2.65. The van der Waals surface area contributed by atoms with Crippen LogP contribution in [-0.2, 0) is 9.53 Å². The number of carbonyl (C=O) groups excluding carboxylic acids is 2. The van der Waals surface area contributed by atoms with Crippen LogP contribution in [0, 0.1) is 5.92 Å². The van der Waals surface area contributed by atoms with Crippen molar-refractivity contribution in [2.24, 2.45) is 5.92 Å². The van der Waals surface area contributed by atoms with Gasteiger partial charge in [0.15, 0.2) is 0 Å². The van der Waals surface area contributed by atoms with E-state index in [2.05, 4.69) is 0 Å². The van der Waals surface area contributed by atoms with Crippen LogP contribution in [0.3, 0.4) is 0 Å². The summed E-state index contributed by atoms with van der Waals surface area (Å²) in [6, 6.07) is 0. The van der Waals surface area contributed by atoms with Gasteiger partial charge in [-0.15, -0.1) is 0 Å². The summed E-state index contributed by atoms with van der Waals surface area (Å²) in [7, 11) is 0. The number of carbonyl (C=O) groups is 2. The zero-order chi connectivity index (χ0) is 11.3. The van der Waals surface area contributed by atoms with Crippen molar-refractivity contribution in [1.82, 2.24) is 4.90 Å². The quantitative estimate of drug-likeness (QED) is 0.346. The number of alkyl halides is 1. The molecular weight excluding hydrogens is 309 g/mol. The first-order chi connectivity index (χ1) is 7.13. The van der Waals surface area contributed by atoms with E-state index in [-0.39, 0.29) is 9.88 Å². The molecule has 1 aliphatic rings. The Hall–Kier alpha value is -0.330. The van der Waals surface area contributed by atoms with E-state index in [1.807, 2.05) is 9.83 Å². The van der Waals surface area contributed by atoms with Crippen LogP contribution in [0.15, 0.2) is 0 Å². The summed E-state index contributed by atoms with van der Waals surface area (Å²) in [5.74, 6) is 0.588. The normalized spacial score (nSPS) is 17.9. The predicted molar refractivity (Wildman–Crippen MR) is 52.3 cm³/mol. The second kappa shape index (κ2) is 6.30. The Balaban J connectivity index is 2.20. The van der Waals surface area contributed by atoms with E-state index in [1.165, 1.54) is 0 Å². The molecule has 1 saturated heterocycles. The van der Waals surface area contributed by atoms with Crippen molar-refractivity contribution >= 4 is 9.88 Å². The summed E-state index contributed by atoms with van der Waals surface area (Å²) in [6.45, 7) is 3.75. The Morgan fingerprint density at radius 1 is 1.40 bits per heavy atom. The Bertz CT molecular complexity index is 237. The average Bonchev–Trinajstić information content (AvgIpc) is 2.26. The minimum atomic E-state index is -0.430. The Labute approximate surface area is 101 Å². The number of amides is 1. The first-order valence-corrected chi connectivity index (χ1v) is 8.29. The van der Waals surface area contributed by atoms with Crippen LogP contribution in [0.2, 0.25) is 0 Å². The first kappa shape index (κ1) is 12.7. The van der Waals surface area contributed by atoms with E-state index < -0.39 is 21.2 Å². The van der Waals surface area contributed by atoms with Crippen LogP contribution < -0.4 is 21.2 Å². The summed E-state index contributed by atoms with van der Waals surface area (Å²) in [6.07, 6.45) is 1.91. The Morgan fingerprint density at radius 3 is 2.47 bits per heavy atom.